The van der Waals surface area contributed by atoms with Crippen LogP contribution in [0.2, 0.25) is 0 Å². The van der Waals surface area contributed by atoms with Gasteiger partial charge in [0.05, 0.1) is 47.1 Å². The molecule has 0 amide bonds. The van der Waals surface area contributed by atoms with Crippen molar-refractivity contribution in [3.63, 3.8) is 0 Å². The SMILES string of the molecule is CC#N.CC#N.CC#N.CC#N.CNC(=S)[N-]/N=C/c1cc(C)cc(CN(Cc2ccccn2)Cc2ccccn2)c1[O-].CNC(=S)[N-]/N=C/c1cc(C)cc(CN(Cc2ccccn2)Cc2ccccn2)c1[O-].O=S(=O)([O-])C(F)(F)F.O=S(=O)([O-])C(F)(F)F.[Cu+2].[Cu+2].[Cu+2].[Cu+2].[OH-].[OH-]. The van der Waals surface area contributed by atoms with Gasteiger partial charge in [-0.25, -0.2) is 16.8 Å². The maximum Gasteiger partial charge on any atom is 2.00 e. The number of aryl methyl sites for hydroxylation is 2. The molecule has 2 aromatic carbocycles. The van der Waals surface area contributed by atoms with Crippen molar-refractivity contribution >= 4 is 67.3 Å². The van der Waals surface area contributed by atoms with Gasteiger partial charge in [-0.15, -0.1) is 0 Å². The number of alkyl halides is 6. The average molecular weight is 1620 g/mol. The summed E-state index contributed by atoms with van der Waals surface area (Å²) < 4.78 is 118. The van der Waals surface area contributed by atoms with Crippen molar-refractivity contribution in [1.82, 2.24) is 40.4 Å². The third-order valence-electron chi connectivity index (χ3n) is 9.60. The Morgan fingerprint density at radius 2 is 0.740 bits per heavy atom. The zero-order valence-corrected chi connectivity index (χ0v) is 58.5. The zero-order valence-electron chi connectivity index (χ0n) is 51.5. The van der Waals surface area contributed by atoms with Crippen LogP contribution in [0.25, 0.3) is 10.9 Å². The molecule has 536 valence electrons. The van der Waals surface area contributed by atoms with Crippen LogP contribution in [0.15, 0.2) is 132 Å². The zero-order chi connectivity index (χ0) is 68.9. The van der Waals surface area contributed by atoms with E-state index in [4.69, 9.17) is 71.4 Å². The van der Waals surface area contributed by atoms with E-state index >= 15 is 0 Å². The molecular weight excluding hydrogens is 1550 g/mol. The Hall–Kier alpha value is -7.36. The van der Waals surface area contributed by atoms with Gasteiger partial charge < -0.3 is 51.8 Å². The van der Waals surface area contributed by atoms with Crippen molar-refractivity contribution in [2.24, 2.45) is 10.2 Å². The molecule has 40 heteroatoms. The summed E-state index contributed by atoms with van der Waals surface area (Å²) >= 11 is 9.90. The van der Waals surface area contributed by atoms with E-state index in [2.05, 4.69) is 61.4 Å². The summed E-state index contributed by atoms with van der Waals surface area (Å²) in [5.41, 5.74) is 4.38. The fraction of sp³-hybridized carbons (Fsp3) is 0.286. The van der Waals surface area contributed by atoms with Crippen molar-refractivity contribution < 1.29 is 142 Å². The molecule has 6 rings (SSSR count). The van der Waals surface area contributed by atoms with Crippen LogP contribution in [0.4, 0.5) is 26.3 Å². The van der Waals surface area contributed by atoms with E-state index in [1.165, 1.54) is 40.1 Å². The molecule has 4 heterocycles. The minimum Gasteiger partial charge on any atom is -0.872 e. The molecule has 0 atom stereocenters. The van der Waals surface area contributed by atoms with E-state index in [9.17, 15) is 36.6 Å². The quantitative estimate of drug-likeness (QED) is 0.0174. The molecule has 0 saturated carbocycles. The standard InChI is InChI=1S/2C23H26N6OS.4C2H3N.2CHF3O3S.4Cu.2H2O/c2*1-17-11-18(13-27-28-23(31)24-2)22(30)19(12-17)14-29(15-20-7-3-5-9-25-20)16-21-8-4-6-10-26-21;4*1-2-3;2*2-1(3,4)8(5,6)7;;;;;;/h2*3-13H,14-16H2,1-2H3,(H3,24,27,28,30,31);4*1H3;2*(H,5,6,7);;;;;2*1H2/q;;;;;;;;4*+2;;/p-8. The number of nitrogens with one attached hydrogen (secondary N) is 2. The van der Waals surface area contributed by atoms with Crippen LogP contribution in [0.5, 0.6) is 11.5 Å². The summed E-state index contributed by atoms with van der Waals surface area (Å²) in [6.07, 6.45) is 9.98. The van der Waals surface area contributed by atoms with Crippen LogP contribution < -0.4 is 20.8 Å². The first-order valence-corrected chi connectivity index (χ1v) is 28.7. The Morgan fingerprint density at radius 1 is 0.521 bits per heavy atom. The molecule has 0 saturated heterocycles. The van der Waals surface area contributed by atoms with Gasteiger partial charge in [-0.05, 0) is 84.6 Å². The van der Waals surface area contributed by atoms with Gasteiger partial charge in [0.1, 0.15) is 0 Å². The Morgan fingerprint density at radius 3 is 0.917 bits per heavy atom. The van der Waals surface area contributed by atoms with Crippen molar-refractivity contribution in [1.29, 1.82) is 21.0 Å². The van der Waals surface area contributed by atoms with E-state index in [-0.39, 0.29) is 101 Å². The molecular formula is C56H62Cu4F6N16O10S4. The van der Waals surface area contributed by atoms with Crippen LogP contribution in [0.1, 0.15) is 83.9 Å². The van der Waals surface area contributed by atoms with Gasteiger partial charge in [0.25, 0.3) is 0 Å². The number of hydrogen-bond acceptors (Lipinski definition) is 24. The third-order valence-corrected chi connectivity index (χ3v) is 11.3. The summed E-state index contributed by atoms with van der Waals surface area (Å²) in [5, 5.41) is 69.2. The van der Waals surface area contributed by atoms with Gasteiger partial charge in [-0.3, -0.25) is 39.9 Å². The largest absolute Gasteiger partial charge is 2.00 e. The minimum absolute atomic E-state index is 0. The van der Waals surface area contributed by atoms with Crippen LogP contribution in [-0.4, -0.2) is 114 Å². The van der Waals surface area contributed by atoms with Gasteiger partial charge in [0, 0.05) is 114 Å². The number of thiocarbonyl (C=S) groups is 2. The van der Waals surface area contributed by atoms with E-state index in [0.29, 0.717) is 61.5 Å². The number of rotatable bonds is 16. The molecule has 0 aliphatic heterocycles. The summed E-state index contributed by atoms with van der Waals surface area (Å²) in [6, 6.07) is 37.7. The van der Waals surface area contributed by atoms with Gasteiger partial charge in [-0.1, -0.05) is 110 Å². The van der Waals surface area contributed by atoms with Crippen LogP contribution in [0.3, 0.4) is 0 Å². The van der Waals surface area contributed by atoms with Crippen LogP contribution in [0, 0.1) is 59.2 Å². The first-order chi connectivity index (χ1) is 42.2. The van der Waals surface area contributed by atoms with Crippen molar-refractivity contribution in [3.05, 3.63) is 189 Å². The van der Waals surface area contributed by atoms with Gasteiger partial charge in [0.15, 0.2) is 20.2 Å². The molecule has 0 aliphatic carbocycles. The first-order valence-electron chi connectivity index (χ1n) is 25.1. The molecule has 0 unspecified atom stereocenters. The maximum absolute atomic E-state index is 13.1. The third kappa shape index (κ3) is 48.3. The first kappa shape index (κ1) is 105. The topological polar surface area (TPSA) is 451 Å². The monoisotopic (exact) mass is 1610 g/mol. The van der Waals surface area contributed by atoms with Gasteiger partial charge in [0.2, 0.25) is 0 Å². The Balaban J connectivity index is -0.000000185. The molecule has 26 nitrogen and oxygen atoms in total. The molecule has 6 aromatic rings. The molecule has 4 aromatic heterocycles. The predicted octanol–water partition coefficient (Wildman–Crippen LogP) is 8.40. The molecule has 0 fully saturated rings. The summed E-state index contributed by atoms with van der Waals surface area (Å²) in [5.74, 6) is -0.154. The Kier molecular flexibility index (Phi) is 63.1. The number of nitriles is 4. The Labute approximate surface area is 606 Å². The number of pyridine rings is 4. The van der Waals surface area contributed by atoms with Crippen LogP contribution in [-0.2, 0) is 128 Å². The second kappa shape index (κ2) is 57.8. The second-order valence-electron chi connectivity index (χ2n) is 16.8. The summed E-state index contributed by atoms with van der Waals surface area (Å²) in [7, 11) is -8.84. The fourth-order valence-corrected chi connectivity index (χ4v) is 6.36. The van der Waals surface area contributed by atoms with Crippen molar-refractivity contribution in [3.8, 4) is 35.8 Å². The number of halogens is 6. The predicted molar refractivity (Wildman–Crippen MR) is 330 cm³/mol. The molecule has 96 heavy (non-hydrogen) atoms. The smallest absolute Gasteiger partial charge is 0.872 e. The van der Waals surface area contributed by atoms with Gasteiger partial charge >= 0.3 is 79.3 Å². The molecule has 4 N–H and O–H groups in total. The number of aromatic nitrogens is 4. The minimum atomic E-state index is -6.09. The van der Waals surface area contributed by atoms with Crippen molar-refractivity contribution in [2.45, 2.75) is 91.8 Å². The number of benzene rings is 2. The normalized spacial score (nSPS) is 9.81. The van der Waals surface area contributed by atoms with Crippen LogP contribution >= 0.6 is 24.4 Å². The molecule has 4 radical (unpaired) electrons. The average Bonchev–Trinajstić information content (AvgIpc) is 1.23. The second-order valence-corrected chi connectivity index (χ2v) is 20.3. The maximum atomic E-state index is 13.1. The van der Waals surface area contributed by atoms with E-state index in [1.54, 1.807) is 75.3 Å². The number of nitrogens with zero attached hydrogens (tertiary/aromatic N) is 14. The molecule has 0 spiro atoms. The van der Waals surface area contributed by atoms with E-state index in [0.717, 1.165) is 33.9 Å². The van der Waals surface area contributed by atoms with Gasteiger partial charge in [-0.2, -0.15) is 47.4 Å². The summed E-state index contributed by atoms with van der Waals surface area (Å²) in [4.78, 5) is 22.0. The van der Waals surface area contributed by atoms with Crippen molar-refractivity contribution in [2.75, 3.05) is 14.1 Å². The fourth-order valence-electron chi connectivity index (χ4n) is 6.27. The van der Waals surface area contributed by atoms with E-state index in [1.807, 2.05) is 98.8 Å². The summed E-state index contributed by atoms with van der Waals surface area (Å²) in [6.45, 7) is 12.9. The molecule has 0 bridgehead atoms. The molecule has 0 aliphatic rings. The Bertz CT molecular complexity index is 3250. The number of hydrogen-bond donors (Lipinski definition) is 2. The van der Waals surface area contributed by atoms with E-state index < -0.39 is 31.3 Å².